The van der Waals surface area contributed by atoms with E-state index < -0.39 is 0 Å². The minimum atomic E-state index is 0.631. The maximum Gasteiger partial charge on any atom is 0.160 e. The van der Waals surface area contributed by atoms with Gasteiger partial charge in [-0.3, -0.25) is 0 Å². The summed E-state index contributed by atoms with van der Waals surface area (Å²) in [4.78, 5) is 20.1. The molecule has 1 radical (unpaired) electrons. The van der Waals surface area contributed by atoms with Gasteiger partial charge >= 0.3 is 0 Å². The maximum absolute atomic E-state index is 5.40. The summed E-state index contributed by atoms with van der Waals surface area (Å²) in [6, 6.07) is 9.80. The summed E-state index contributed by atoms with van der Waals surface area (Å²) >= 11 is 1.58. The predicted octanol–water partition coefficient (Wildman–Crippen LogP) is 3.53. The van der Waals surface area contributed by atoms with Gasteiger partial charge in [0.15, 0.2) is 5.82 Å². The van der Waals surface area contributed by atoms with E-state index in [1.807, 2.05) is 35.8 Å². The van der Waals surface area contributed by atoms with Gasteiger partial charge in [-0.1, -0.05) is 0 Å². The zero-order valence-electron chi connectivity index (χ0n) is 15.0. The van der Waals surface area contributed by atoms with E-state index in [2.05, 4.69) is 42.4 Å². The number of morpholine rings is 1. The number of nitrogens with one attached hydrogen (secondary N) is 1. The number of anilines is 3. The highest BCUT2D eigenvalue weighted by molar-refractivity contribution is 7.17. The predicted molar refractivity (Wildman–Crippen MR) is 110 cm³/mol. The first-order chi connectivity index (χ1) is 13.8. The first-order valence-corrected chi connectivity index (χ1v) is 9.88. The second-order valence-electron chi connectivity index (χ2n) is 6.35. The standard InChI is InChI=1S/C20H17N6OS/c1-2-18(22-12-15(1)26-6-8-27-9-7-26)25-19-11-14(3-5-21-19)20-23-13-17-16(24-20)4-10-28-17/h1-5,10-12H,6-9H2,(H,21,22,25). The van der Waals surface area contributed by atoms with Gasteiger partial charge in [0.1, 0.15) is 17.8 Å². The van der Waals surface area contributed by atoms with Crippen LogP contribution in [-0.4, -0.2) is 46.2 Å². The van der Waals surface area contributed by atoms with E-state index in [0.29, 0.717) is 11.6 Å². The SMILES string of the molecule is [c]1nc(-c2ccnc(Nc3ccc(N4CCOCC4)cn3)c2)nc2ccsc12. The fourth-order valence-electron chi connectivity index (χ4n) is 3.08. The third-order valence-electron chi connectivity index (χ3n) is 4.53. The van der Waals surface area contributed by atoms with Crippen molar-refractivity contribution in [3.8, 4) is 11.4 Å². The first kappa shape index (κ1) is 17.0. The molecule has 1 N–H and O–H groups in total. The number of ether oxygens (including phenoxy) is 1. The number of hydrogen-bond acceptors (Lipinski definition) is 8. The van der Waals surface area contributed by atoms with Crippen LogP contribution >= 0.6 is 11.3 Å². The normalized spacial score (nSPS) is 14.4. The zero-order chi connectivity index (χ0) is 18.8. The Morgan fingerprint density at radius 1 is 1.07 bits per heavy atom. The van der Waals surface area contributed by atoms with Crippen molar-refractivity contribution < 1.29 is 4.74 Å². The van der Waals surface area contributed by atoms with E-state index in [1.165, 1.54) is 0 Å². The lowest BCUT2D eigenvalue weighted by Crippen LogP contribution is -2.36. The van der Waals surface area contributed by atoms with Crippen molar-refractivity contribution in [2.24, 2.45) is 0 Å². The van der Waals surface area contributed by atoms with Gasteiger partial charge in [-0.25, -0.2) is 19.9 Å². The van der Waals surface area contributed by atoms with Crippen molar-refractivity contribution in [1.29, 1.82) is 0 Å². The molecule has 5 heterocycles. The summed E-state index contributed by atoms with van der Waals surface area (Å²) in [5, 5.41) is 5.24. The summed E-state index contributed by atoms with van der Waals surface area (Å²) < 4.78 is 6.36. The Labute approximate surface area is 166 Å². The van der Waals surface area contributed by atoms with Crippen molar-refractivity contribution in [1.82, 2.24) is 19.9 Å². The molecule has 8 heteroatoms. The van der Waals surface area contributed by atoms with E-state index >= 15 is 0 Å². The third kappa shape index (κ3) is 3.51. The smallest absolute Gasteiger partial charge is 0.160 e. The van der Waals surface area contributed by atoms with Gasteiger partial charge in [-0.15, -0.1) is 11.3 Å². The fourth-order valence-corrected chi connectivity index (χ4v) is 3.75. The number of pyridine rings is 2. The van der Waals surface area contributed by atoms with E-state index in [9.17, 15) is 0 Å². The molecule has 0 aliphatic carbocycles. The van der Waals surface area contributed by atoms with Gasteiger partial charge in [0.2, 0.25) is 0 Å². The fraction of sp³-hybridized carbons (Fsp3) is 0.200. The topological polar surface area (TPSA) is 76.1 Å². The largest absolute Gasteiger partial charge is 0.378 e. The Bertz CT molecular complexity index is 1090. The minimum absolute atomic E-state index is 0.631. The highest BCUT2D eigenvalue weighted by Crippen LogP contribution is 2.24. The van der Waals surface area contributed by atoms with Crippen LogP contribution in [0.4, 0.5) is 17.3 Å². The quantitative estimate of drug-likeness (QED) is 0.572. The average Bonchev–Trinajstić information content (AvgIpc) is 3.23. The molecule has 28 heavy (non-hydrogen) atoms. The highest BCUT2D eigenvalue weighted by atomic mass is 32.1. The van der Waals surface area contributed by atoms with Crippen LogP contribution in [-0.2, 0) is 4.74 Å². The van der Waals surface area contributed by atoms with Crippen molar-refractivity contribution in [2.75, 3.05) is 36.5 Å². The molecule has 0 aromatic carbocycles. The molecule has 0 atom stereocenters. The van der Waals surface area contributed by atoms with Crippen molar-refractivity contribution in [2.45, 2.75) is 0 Å². The molecule has 1 fully saturated rings. The molecular weight excluding hydrogens is 372 g/mol. The van der Waals surface area contributed by atoms with Gasteiger partial charge in [-0.05, 0) is 35.7 Å². The van der Waals surface area contributed by atoms with Crippen molar-refractivity contribution in [3.05, 3.63) is 54.3 Å². The van der Waals surface area contributed by atoms with E-state index in [0.717, 1.165) is 53.6 Å². The molecule has 139 valence electrons. The number of aromatic nitrogens is 4. The maximum atomic E-state index is 5.40. The first-order valence-electron chi connectivity index (χ1n) is 9.00. The second-order valence-corrected chi connectivity index (χ2v) is 7.27. The molecule has 0 spiro atoms. The number of nitrogens with zero attached hydrogens (tertiary/aromatic N) is 5. The molecule has 1 saturated heterocycles. The Kier molecular flexibility index (Phi) is 4.56. The van der Waals surface area contributed by atoms with Crippen molar-refractivity contribution in [3.63, 3.8) is 0 Å². The Morgan fingerprint density at radius 2 is 2.00 bits per heavy atom. The van der Waals surface area contributed by atoms with E-state index in [-0.39, 0.29) is 0 Å². The lowest BCUT2D eigenvalue weighted by molar-refractivity contribution is 0.122. The molecule has 0 amide bonds. The summed E-state index contributed by atoms with van der Waals surface area (Å²) in [7, 11) is 0. The van der Waals surface area contributed by atoms with Gasteiger partial charge in [0.05, 0.1) is 35.3 Å². The van der Waals surface area contributed by atoms with Crippen LogP contribution in [0.15, 0.2) is 48.1 Å². The van der Waals surface area contributed by atoms with Gasteiger partial charge in [-0.2, -0.15) is 0 Å². The van der Waals surface area contributed by atoms with Gasteiger partial charge in [0.25, 0.3) is 0 Å². The van der Waals surface area contributed by atoms with Crippen LogP contribution in [0.3, 0.4) is 0 Å². The number of hydrogen-bond donors (Lipinski definition) is 1. The zero-order valence-corrected chi connectivity index (χ0v) is 15.8. The molecule has 0 unspecified atom stereocenters. The summed E-state index contributed by atoms with van der Waals surface area (Å²) in [5.74, 6) is 2.06. The number of rotatable bonds is 4. The molecule has 1 aliphatic heterocycles. The van der Waals surface area contributed by atoms with Crippen molar-refractivity contribution >= 4 is 38.9 Å². The summed E-state index contributed by atoms with van der Waals surface area (Å²) in [6.45, 7) is 3.30. The molecule has 0 saturated carbocycles. The minimum Gasteiger partial charge on any atom is -0.378 e. The van der Waals surface area contributed by atoms with Gasteiger partial charge < -0.3 is 15.0 Å². The third-order valence-corrected chi connectivity index (χ3v) is 5.34. The second kappa shape index (κ2) is 7.49. The molecule has 7 nitrogen and oxygen atoms in total. The molecule has 4 aromatic heterocycles. The lowest BCUT2D eigenvalue weighted by Gasteiger charge is -2.28. The van der Waals surface area contributed by atoms with Crippen LogP contribution in [0.2, 0.25) is 0 Å². The Balaban J connectivity index is 1.34. The monoisotopic (exact) mass is 389 g/mol. The van der Waals surface area contributed by atoms with E-state index in [4.69, 9.17) is 4.74 Å². The Morgan fingerprint density at radius 3 is 2.86 bits per heavy atom. The number of fused-ring (bicyclic) bond motifs is 1. The van der Waals surface area contributed by atoms with Crippen LogP contribution in [0.25, 0.3) is 21.6 Å². The molecule has 1 aliphatic rings. The van der Waals surface area contributed by atoms with Crippen LogP contribution in [0.1, 0.15) is 0 Å². The highest BCUT2D eigenvalue weighted by Gasteiger charge is 2.12. The summed E-state index contributed by atoms with van der Waals surface area (Å²) in [6.07, 6.45) is 6.66. The van der Waals surface area contributed by atoms with Crippen LogP contribution in [0, 0.1) is 6.20 Å². The van der Waals surface area contributed by atoms with Crippen LogP contribution in [0.5, 0.6) is 0 Å². The summed E-state index contributed by atoms with van der Waals surface area (Å²) in [5.41, 5.74) is 2.89. The molecule has 0 bridgehead atoms. The number of thiophene rings is 1. The van der Waals surface area contributed by atoms with E-state index in [1.54, 1.807) is 17.5 Å². The molecule has 4 aromatic rings. The van der Waals surface area contributed by atoms with Gasteiger partial charge in [0, 0.05) is 24.8 Å². The average molecular weight is 389 g/mol. The Hall–Kier alpha value is -3.10. The molecular formula is C20H17N6OS. The lowest BCUT2D eigenvalue weighted by atomic mass is 10.2. The van der Waals surface area contributed by atoms with Crippen LogP contribution < -0.4 is 10.2 Å². The molecule has 5 rings (SSSR count).